The van der Waals surface area contributed by atoms with Crippen LogP contribution in [0.2, 0.25) is 0 Å². The number of nitrogens with zero attached hydrogens (tertiary/aromatic N) is 2. The Morgan fingerprint density at radius 1 is 1.37 bits per heavy atom. The molecule has 3 heterocycles. The van der Waals surface area contributed by atoms with Gasteiger partial charge in [0, 0.05) is 17.1 Å². The van der Waals surface area contributed by atoms with E-state index in [0.29, 0.717) is 27.8 Å². The van der Waals surface area contributed by atoms with Crippen LogP contribution in [-0.4, -0.2) is 29.3 Å². The Bertz CT molecular complexity index is 1070. The van der Waals surface area contributed by atoms with E-state index in [0.717, 1.165) is 11.3 Å². The summed E-state index contributed by atoms with van der Waals surface area (Å²) in [7, 11) is 0. The second-order valence-electron chi connectivity index (χ2n) is 6.75. The van der Waals surface area contributed by atoms with E-state index in [9.17, 15) is 14.9 Å². The molecule has 156 valence electrons. The summed E-state index contributed by atoms with van der Waals surface area (Å²) < 4.78 is 10.9. The lowest BCUT2D eigenvalue weighted by atomic mass is 10.0. The quantitative estimate of drug-likeness (QED) is 0.537. The maximum Gasteiger partial charge on any atom is 0.338 e. The van der Waals surface area contributed by atoms with Crippen LogP contribution in [0.25, 0.3) is 0 Å². The monoisotopic (exact) mass is 426 g/mol. The number of furan rings is 1. The Labute approximate surface area is 178 Å². The molecule has 3 rings (SSSR count). The number of aromatic nitrogens is 1. The fraction of sp³-hybridized carbons (Fsp3) is 0.333. The van der Waals surface area contributed by atoms with E-state index < -0.39 is 18.0 Å². The molecule has 1 unspecified atom stereocenters. The molecule has 0 aliphatic carbocycles. The number of thioether (sulfide) groups is 1. The average molecular weight is 426 g/mol. The highest BCUT2D eigenvalue weighted by Gasteiger charge is 2.35. The fourth-order valence-electron chi connectivity index (χ4n) is 3.19. The predicted octanol–water partition coefficient (Wildman–Crippen LogP) is 3.43. The summed E-state index contributed by atoms with van der Waals surface area (Å²) in [5.41, 5.74) is 2.74. The van der Waals surface area contributed by atoms with Gasteiger partial charge in [-0.25, -0.2) is 14.6 Å². The predicted molar refractivity (Wildman–Crippen MR) is 111 cm³/mol. The van der Waals surface area contributed by atoms with E-state index in [4.69, 9.17) is 9.15 Å². The number of esters is 1. The third-order valence-electron chi connectivity index (χ3n) is 4.47. The van der Waals surface area contributed by atoms with Crippen molar-refractivity contribution in [2.45, 2.75) is 38.8 Å². The summed E-state index contributed by atoms with van der Waals surface area (Å²) in [5, 5.41) is 15.5. The zero-order chi connectivity index (χ0) is 21.8. The molecule has 2 aromatic rings. The second kappa shape index (κ2) is 9.05. The van der Waals surface area contributed by atoms with E-state index in [1.807, 2.05) is 19.9 Å². The van der Waals surface area contributed by atoms with Gasteiger partial charge in [-0.15, -0.1) is 0 Å². The minimum Gasteiger partial charge on any atom is -0.464 e. The third kappa shape index (κ3) is 4.49. The summed E-state index contributed by atoms with van der Waals surface area (Å²) in [6, 6.07) is 6.27. The van der Waals surface area contributed by atoms with Gasteiger partial charge in [-0.1, -0.05) is 11.8 Å². The average Bonchev–Trinajstić information content (AvgIpc) is 3.12. The van der Waals surface area contributed by atoms with Crippen molar-refractivity contribution < 1.29 is 18.7 Å². The lowest BCUT2D eigenvalue weighted by molar-refractivity contribution is -0.139. The van der Waals surface area contributed by atoms with Gasteiger partial charge in [0.05, 0.1) is 17.7 Å². The first-order valence-corrected chi connectivity index (χ1v) is 10.4. The molecule has 1 aliphatic heterocycles. The van der Waals surface area contributed by atoms with Crippen LogP contribution in [0.15, 0.2) is 38.9 Å². The number of ether oxygens (including phenoxy) is 1. The van der Waals surface area contributed by atoms with Gasteiger partial charge in [-0.3, -0.25) is 0 Å². The molecule has 0 radical (unpaired) electrons. The standard InChI is InChI=1S/C21H22N4O4S/c1-5-28-20(26)17-15(10-30-19-14(9-22)11(2)8-12(3)23-19)24-21(27)25-18(17)16-7-6-13(4)29-16/h6-8,18H,5,10H2,1-4H3,(H2,24,25,27). The highest BCUT2D eigenvalue weighted by Crippen LogP contribution is 2.32. The smallest absolute Gasteiger partial charge is 0.338 e. The maximum absolute atomic E-state index is 12.8. The molecule has 0 aromatic carbocycles. The number of hydrogen-bond donors (Lipinski definition) is 2. The van der Waals surface area contributed by atoms with Crippen LogP contribution in [0.5, 0.6) is 0 Å². The summed E-state index contributed by atoms with van der Waals surface area (Å²) in [4.78, 5) is 29.5. The normalized spacial score (nSPS) is 16.0. The molecular weight excluding hydrogens is 404 g/mol. The number of aryl methyl sites for hydroxylation is 3. The molecule has 2 N–H and O–H groups in total. The number of hydrogen-bond acceptors (Lipinski definition) is 7. The van der Waals surface area contributed by atoms with Gasteiger partial charge >= 0.3 is 12.0 Å². The highest BCUT2D eigenvalue weighted by atomic mass is 32.2. The van der Waals surface area contributed by atoms with Crippen LogP contribution in [-0.2, 0) is 9.53 Å². The Kier molecular flexibility index (Phi) is 6.47. The Morgan fingerprint density at radius 3 is 2.77 bits per heavy atom. The topological polar surface area (TPSA) is 117 Å². The van der Waals surface area contributed by atoms with E-state index in [2.05, 4.69) is 21.7 Å². The molecule has 0 fully saturated rings. The zero-order valence-electron chi connectivity index (χ0n) is 17.2. The largest absolute Gasteiger partial charge is 0.464 e. The van der Waals surface area contributed by atoms with E-state index >= 15 is 0 Å². The molecule has 0 bridgehead atoms. The Morgan fingerprint density at radius 2 is 2.13 bits per heavy atom. The van der Waals surface area contributed by atoms with Crippen LogP contribution in [0.3, 0.4) is 0 Å². The van der Waals surface area contributed by atoms with Crippen LogP contribution < -0.4 is 10.6 Å². The highest BCUT2D eigenvalue weighted by molar-refractivity contribution is 7.99. The van der Waals surface area contributed by atoms with Crippen LogP contribution in [0.1, 0.15) is 41.3 Å². The molecule has 0 saturated carbocycles. The first-order chi connectivity index (χ1) is 14.3. The first kappa shape index (κ1) is 21.5. The van der Waals surface area contributed by atoms with Crippen LogP contribution in [0, 0.1) is 32.1 Å². The van der Waals surface area contributed by atoms with Crippen molar-refractivity contribution in [3.63, 3.8) is 0 Å². The molecule has 2 amide bonds. The SMILES string of the molecule is CCOC(=O)C1=C(CSc2nc(C)cc(C)c2C#N)NC(=O)NC1c1ccc(C)o1. The van der Waals surface area contributed by atoms with Crippen molar-refractivity contribution in [1.82, 2.24) is 15.6 Å². The van der Waals surface area contributed by atoms with Crippen molar-refractivity contribution in [3.8, 4) is 6.07 Å². The van der Waals surface area contributed by atoms with Crippen molar-refractivity contribution >= 4 is 23.8 Å². The van der Waals surface area contributed by atoms with Gasteiger partial charge < -0.3 is 19.8 Å². The number of amides is 2. The van der Waals surface area contributed by atoms with Gasteiger partial charge in [-0.2, -0.15) is 5.26 Å². The minimum atomic E-state index is -0.773. The van der Waals surface area contributed by atoms with Crippen molar-refractivity contribution in [2.24, 2.45) is 0 Å². The maximum atomic E-state index is 12.8. The third-order valence-corrected chi connectivity index (χ3v) is 5.47. The second-order valence-corrected chi connectivity index (χ2v) is 7.72. The molecule has 2 aromatic heterocycles. The number of carbonyl (C=O) groups is 2. The molecule has 30 heavy (non-hydrogen) atoms. The number of nitrogens with one attached hydrogen (secondary N) is 2. The first-order valence-electron chi connectivity index (χ1n) is 9.39. The minimum absolute atomic E-state index is 0.192. The van der Waals surface area contributed by atoms with E-state index in [1.165, 1.54) is 11.8 Å². The van der Waals surface area contributed by atoms with Gasteiger partial charge in [0.15, 0.2) is 0 Å². The molecule has 1 atom stereocenters. The number of pyridine rings is 1. The lowest BCUT2D eigenvalue weighted by Crippen LogP contribution is -2.46. The summed E-state index contributed by atoms with van der Waals surface area (Å²) in [6.07, 6.45) is 0. The van der Waals surface area contributed by atoms with E-state index in [-0.39, 0.29) is 17.9 Å². The van der Waals surface area contributed by atoms with Crippen LogP contribution in [0.4, 0.5) is 4.79 Å². The van der Waals surface area contributed by atoms with Crippen LogP contribution >= 0.6 is 11.8 Å². The molecule has 1 aliphatic rings. The summed E-state index contributed by atoms with van der Waals surface area (Å²) >= 11 is 1.28. The van der Waals surface area contributed by atoms with Gasteiger partial charge in [-0.05, 0) is 51.5 Å². The van der Waals surface area contributed by atoms with Gasteiger partial charge in [0.1, 0.15) is 28.7 Å². The van der Waals surface area contributed by atoms with Gasteiger partial charge in [0.2, 0.25) is 0 Å². The molecule has 0 saturated heterocycles. The van der Waals surface area contributed by atoms with Crippen molar-refractivity contribution in [2.75, 3.05) is 12.4 Å². The Hall–Kier alpha value is -3.25. The number of nitriles is 1. The number of rotatable bonds is 6. The fourth-order valence-corrected chi connectivity index (χ4v) is 4.26. The van der Waals surface area contributed by atoms with E-state index in [1.54, 1.807) is 26.0 Å². The summed E-state index contributed by atoms with van der Waals surface area (Å²) in [6.45, 7) is 7.39. The number of carbonyl (C=O) groups excluding carboxylic acids is 2. The molecule has 8 nitrogen and oxygen atoms in total. The summed E-state index contributed by atoms with van der Waals surface area (Å²) in [5.74, 6) is 0.779. The zero-order valence-corrected chi connectivity index (χ0v) is 18.0. The molecule has 0 spiro atoms. The molecular formula is C21H22N4O4S. The van der Waals surface area contributed by atoms with Gasteiger partial charge in [0.25, 0.3) is 0 Å². The number of urea groups is 1. The Balaban J connectivity index is 2.01. The van der Waals surface area contributed by atoms with Crippen molar-refractivity contribution in [3.05, 3.63) is 57.8 Å². The van der Waals surface area contributed by atoms with Crippen molar-refractivity contribution in [1.29, 1.82) is 5.26 Å². The molecule has 9 heteroatoms. The lowest BCUT2D eigenvalue weighted by Gasteiger charge is -2.27.